The van der Waals surface area contributed by atoms with Gasteiger partial charge in [-0.25, -0.2) is 15.0 Å². The van der Waals surface area contributed by atoms with E-state index in [1.54, 1.807) is 0 Å². The molecule has 1 aromatic carbocycles. The van der Waals surface area contributed by atoms with Gasteiger partial charge in [0.1, 0.15) is 5.52 Å². The molecule has 6 nitrogen and oxygen atoms in total. The zero-order valence-electron chi connectivity index (χ0n) is 15.4. The van der Waals surface area contributed by atoms with Crippen LogP contribution in [0.5, 0.6) is 0 Å². The third-order valence-electron chi connectivity index (χ3n) is 4.93. The van der Waals surface area contributed by atoms with Crippen molar-refractivity contribution >= 4 is 29.3 Å². The van der Waals surface area contributed by atoms with E-state index in [4.69, 9.17) is 5.73 Å². The molecular formula is C20H25ClN6. The molecule has 1 aliphatic rings. The largest absolute Gasteiger partial charge is 0.382 e. The van der Waals surface area contributed by atoms with Crippen LogP contribution in [0.1, 0.15) is 25.5 Å². The van der Waals surface area contributed by atoms with E-state index in [-0.39, 0.29) is 12.4 Å². The van der Waals surface area contributed by atoms with Crippen molar-refractivity contribution in [3.8, 4) is 11.4 Å². The van der Waals surface area contributed by atoms with E-state index >= 15 is 0 Å². The summed E-state index contributed by atoms with van der Waals surface area (Å²) in [5.41, 5.74) is 9.51. The van der Waals surface area contributed by atoms with Gasteiger partial charge in [-0.3, -0.25) is 10.2 Å². The predicted octanol–water partition coefficient (Wildman–Crippen LogP) is 3.23. The number of halogens is 1. The Kier molecular flexibility index (Phi) is 6.21. The van der Waals surface area contributed by atoms with E-state index < -0.39 is 0 Å². The molecule has 1 saturated heterocycles. The SMILES string of the molecule is CC(NCc1ccc2nc(-c3ccccc3)nc(N)c2n1)N1CCCC1.Cl. The highest BCUT2D eigenvalue weighted by molar-refractivity contribution is 5.86. The number of fused-ring (bicyclic) bond motifs is 1. The highest BCUT2D eigenvalue weighted by Crippen LogP contribution is 2.22. The third-order valence-corrected chi connectivity index (χ3v) is 4.93. The maximum absolute atomic E-state index is 6.18. The molecular weight excluding hydrogens is 360 g/mol. The number of hydrogen-bond donors (Lipinski definition) is 2. The van der Waals surface area contributed by atoms with Crippen molar-refractivity contribution in [3.05, 3.63) is 48.2 Å². The predicted molar refractivity (Wildman–Crippen MR) is 112 cm³/mol. The van der Waals surface area contributed by atoms with Crippen molar-refractivity contribution in [3.63, 3.8) is 0 Å². The second-order valence-electron chi connectivity index (χ2n) is 6.77. The molecule has 27 heavy (non-hydrogen) atoms. The minimum atomic E-state index is 0. The van der Waals surface area contributed by atoms with Gasteiger partial charge in [-0.2, -0.15) is 0 Å². The minimum Gasteiger partial charge on any atom is -0.382 e. The Labute approximate surface area is 165 Å². The second kappa shape index (κ2) is 8.61. The molecule has 142 valence electrons. The van der Waals surface area contributed by atoms with Crippen LogP contribution in [0.4, 0.5) is 5.82 Å². The van der Waals surface area contributed by atoms with Crippen LogP contribution in [-0.4, -0.2) is 39.1 Å². The zero-order valence-corrected chi connectivity index (χ0v) is 16.2. The summed E-state index contributed by atoms with van der Waals surface area (Å²) in [4.78, 5) is 16.2. The topological polar surface area (TPSA) is 80.0 Å². The first kappa shape index (κ1) is 19.5. The number of nitrogen functional groups attached to an aromatic ring is 1. The van der Waals surface area contributed by atoms with E-state index in [1.807, 2.05) is 42.5 Å². The molecule has 3 heterocycles. The summed E-state index contributed by atoms with van der Waals surface area (Å²) < 4.78 is 0. The Morgan fingerprint density at radius 1 is 1.04 bits per heavy atom. The molecule has 3 N–H and O–H groups in total. The van der Waals surface area contributed by atoms with E-state index in [0.717, 1.165) is 16.8 Å². The zero-order chi connectivity index (χ0) is 17.9. The van der Waals surface area contributed by atoms with Gasteiger partial charge in [-0.1, -0.05) is 30.3 Å². The van der Waals surface area contributed by atoms with Gasteiger partial charge in [-0.15, -0.1) is 12.4 Å². The Morgan fingerprint density at radius 3 is 2.52 bits per heavy atom. The summed E-state index contributed by atoms with van der Waals surface area (Å²) in [7, 11) is 0. The van der Waals surface area contributed by atoms with E-state index in [2.05, 4.69) is 32.1 Å². The molecule has 3 aromatic rings. The first-order chi connectivity index (χ1) is 12.7. The van der Waals surface area contributed by atoms with Gasteiger partial charge in [0, 0.05) is 12.1 Å². The van der Waals surface area contributed by atoms with Gasteiger partial charge < -0.3 is 5.73 Å². The Morgan fingerprint density at radius 2 is 1.78 bits per heavy atom. The lowest BCUT2D eigenvalue weighted by molar-refractivity contribution is 0.218. The lowest BCUT2D eigenvalue weighted by Gasteiger charge is -2.24. The number of likely N-dealkylation sites (tertiary alicyclic amines) is 1. The maximum Gasteiger partial charge on any atom is 0.162 e. The molecule has 0 amide bonds. The summed E-state index contributed by atoms with van der Waals surface area (Å²) in [5, 5.41) is 3.54. The fourth-order valence-electron chi connectivity index (χ4n) is 3.40. The lowest BCUT2D eigenvalue weighted by atomic mass is 10.2. The van der Waals surface area contributed by atoms with Gasteiger partial charge in [0.25, 0.3) is 0 Å². The number of rotatable bonds is 5. The summed E-state index contributed by atoms with van der Waals surface area (Å²) in [5.74, 6) is 1.05. The second-order valence-corrected chi connectivity index (χ2v) is 6.77. The number of aromatic nitrogens is 3. The normalized spacial score (nSPS) is 15.6. The van der Waals surface area contributed by atoms with E-state index in [1.165, 1.54) is 25.9 Å². The van der Waals surface area contributed by atoms with Crippen molar-refractivity contribution in [2.45, 2.75) is 32.5 Å². The number of benzene rings is 1. The molecule has 0 saturated carbocycles. The van der Waals surface area contributed by atoms with Crippen LogP contribution < -0.4 is 11.1 Å². The van der Waals surface area contributed by atoms with Crippen molar-refractivity contribution in [2.75, 3.05) is 18.8 Å². The van der Waals surface area contributed by atoms with Gasteiger partial charge in [0.05, 0.1) is 17.4 Å². The monoisotopic (exact) mass is 384 g/mol. The molecule has 4 rings (SSSR count). The number of pyridine rings is 1. The van der Waals surface area contributed by atoms with E-state index in [0.29, 0.717) is 29.9 Å². The third kappa shape index (κ3) is 4.35. The number of anilines is 1. The first-order valence-electron chi connectivity index (χ1n) is 9.17. The van der Waals surface area contributed by atoms with Crippen molar-refractivity contribution in [2.24, 2.45) is 0 Å². The maximum atomic E-state index is 6.18. The first-order valence-corrected chi connectivity index (χ1v) is 9.17. The minimum absolute atomic E-state index is 0. The number of nitrogens with zero attached hydrogens (tertiary/aromatic N) is 4. The fraction of sp³-hybridized carbons (Fsp3) is 0.350. The molecule has 0 aliphatic carbocycles. The molecule has 1 aliphatic heterocycles. The average molecular weight is 385 g/mol. The van der Waals surface area contributed by atoms with Gasteiger partial charge in [0.2, 0.25) is 0 Å². The van der Waals surface area contributed by atoms with E-state index in [9.17, 15) is 0 Å². The van der Waals surface area contributed by atoms with Gasteiger partial charge in [0.15, 0.2) is 11.6 Å². The molecule has 0 radical (unpaired) electrons. The summed E-state index contributed by atoms with van der Waals surface area (Å²) >= 11 is 0. The molecule has 2 aromatic heterocycles. The number of hydrogen-bond acceptors (Lipinski definition) is 6. The highest BCUT2D eigenvalue weighted by Gasteiger charge is 2.17. The summed E-state index contributed by atoms with van der Waals surface area (Å²) in [6.45, 7) is 5.24. The number of nitrogens with two attached hydrogens (primary N) is 1. The van der Waals surface area contributed by atoms with Crippen LogP contribution in [0, 0.1) is 0 Å². The van der Waals surface area contributed by atoms with Gasteiger partial charge in [-0.05, 0) is 45.0 Å². The fourth-order valence-corrected chi connectivity index (χ4v) is 3.40. The average Bonchev–Trinajstić information content (AvgIpc) is 3.22. The van der Waals surface area contributed by atoms with Gasteiger partial charge >= 0.3 is 0 Å². The highest BCUT2D eigenvalue weighted by atomic mass is 35.5. The van der Waals surface area contributed by atoms with Crippen LogP contribution >= 0.6 is 12.4 Å². The molecule has 0 bridgehead atoms. The molecule has 1 atom stereocenters. The van der Waals surface area contributed by atoms with Crippen molar-refractivity contribution in [1.29, 1.82) is 0 Å². The van der Waals surface area contributed by atoms with Crippen molar-refractivity contribution < 1.29 is 0 Å². The van der Waals surface area contributed by atoms with Crippen LogP contribution in [0.3, 0.4) is 0 Å². The van der Waals surface area contributed by atoms with Crippen LogP contribution in [0.15, 0.2) is 42.5 Å². The van der Waals surface area contributed by atoms with Crippen molar-refractivity contribution in [1.82, 2.24) is 25.2 Å². The summed E-state index contributed by atoms with van der Waals surface area (Å²) in [6, 6.07) is 13.8. The molecule has 1 unspecified atom stereocenters. The lowest BCUT2D eigenvalue weighted by Crippen LogP contribution is -2.41. The van der Waals surface area contributed by atoms with Crippen LogP contribution in [0.2, 0.25) is 0 Å². The Hall–Kier alpha value is -2.28. The summed E-state index contributed by atoms with van der Waals surface area (Å²) in [6.07, 6.45) is 2.93. The quantitative estimate of drug-likeness (QED) is 0.703. The molecule has 0 spiro atoms. The Balaban J connectivity index is 0.00000210. The molecule has 7 heteroatoms. The smallest absolute Gasteiger partial charge is 0.162 e. The Bertz CT molecular complexity index is 896. The standard InChI is InChI=1S/C20H24N6.ClH/c1-14(26-11-5-6-12-26)22-13-16-9-10-17-18(23-16)19(21)25-20(24-17)15-7-3-2-4-8-15;/h2-4,7-10,14,22H,5-6,11-13H2,1H3,(H2,21,24,25);1H. The van der Waals surface area contributed by atoms with Crippen LogP contribution in [0.25, 0.3) is 22.4 Å². The van der Waals surface area contributed by atoms with Crippen LogP contribution in [-0.2, 0) is 6.54 Å². The molecule has 1 fully saturated rings. The number of nitrogens with one attached hydrogen (secondary N) is 1.